The van der Waals surface area contributed by atoms with Crippen LogP contribution in [0.15, 0.2) is 54.1 Å². The van der Waals surface area contributed by atoms with Gasteiger partial charge in [-0.05, 0) is 35.6 Å². The molecule has 2 aromatic carbocycles. The minimum Gasteiger partial charge on any atom is -0.507 e. The molecule has 0 aromatic heterocycles. The molecule has 0 saturated carbocycles. The van der Waals surface area contributed by atoms with E-state index in [4.69, 9.17) is 9.47 Å². The summed E-state index contributed by atoms with van der Waals surface area (Å²) in [7, 11) is 3.13. The van der Waals surface area contributed by atoms with Crippen LogP contribution in [0.2, 0.25) is 0 Å². The number of ether oxygens (including phenoxy) is 2. The number of methoxy groups -OCH3 is 2. The molecule has 1 saturated heterocycles. The fourth-order valence-corrected chi connectivity index (χ4v) is 3.83. The van der Waals surface area contributed by atoms with Crippen molar-refractivity contribution < 1.29 is 24.2 Å². The van der Waals surface area contributed by atoms with Gasteiger partial charge < -0.3 is 19.5 Å². The van der Waals surface area contributed by atoms with E-state index in [1.165, 1.54) is 12.0 Å². The third kappa shape index (κ3) is 4.64. The lowest BCUT2D eigenvalue weighted by molar-refractivity contribution is -0.140. The summed E-state index contributed by atoms with van der Waals surface area (Å²) in [5.41, 5.74) is 2.46. The first-order chi connectivity index (χ1) is 14.9. The molecule has 1 N–H and O–H groups in total. The Morgan fingerprint density at radius 2 is 1.81 bits per heavy atom. The average molecular weight is 424 g/mol. The smallest absolute Gasteiger partial charge is 0.295 e. The van der Waals surface area contributed by atoms with Gasteiger partial charge in [0.2, 0.25) is 0 Å². The van der Waals surface area contributed by atoms with E-state index >= 15 is 0 Å². The standard InChI is InChI=1S/C25H29NO5/c1-16(2)17-9-11-18(12-10-17)22-21(23(27)19-7-5-8-20(15-19)31-4)24(28)25(29)26(22)13-6-14-30-3/h5,7-12,15-16,22,27H,6,13-14H2,1-4H3. The molecule has 0 spiro atoms. The number of Topliss-reactive ketones (excluding diaryl/α,β-unsaturated/α-hetero) is 1. The van der Waals surface area contributed by atoms with Crippen LogP contribution in [0, 0.1) is 0 Å². The third-order valence-corrected chi connectivity index (χ3v) is 5.55. The summed E-state index contributed by atoms with van der Waals surface area (Å²) >= 11 is 0. The van der Waals surface area contributed by atoms with Crippen molar-refractivity contribution in [2.75, 3.05) is 27.4 Å². The number of rotatable bonds is 8. The molecule has 3 rings (SSSR count). The molecule has 6 heteroatoms. The zero-order valence-electron chi connectivity index (χ0n) is 18.4. The number of benzene rings is 2. The van der Waals surface area contributed by atoms with Crippen molar-refractivity contribution in [3.63, 3.8) is 0 Å². The average Bonchev–Trinajstić information content (AvgIpc) is 3.03. The van der Waals surface area contributed by atoms with E-state index in [9.17, 15) is 14.7 Å². The summed E-state index contributed by atoms with van der Waals surface area (Å²) in [6.45, 7) is 5.03. The quantitative estimate of drug-likeness (QED) is 0.297. The molecule has 1 amide bonds. The van der Waals surface area contributed by atoms with Gasteiger partial charge in [0.05, 0.1) is 18.7 Å². The SMILES string of the molecule is COCCCN1C(=O)C(=O)C(=C(O)c2cccc(OC)c2)C1c1ccc(C(C)C)cc1. The Hall–Kier alpha value is -3.12. The molecule has 1 heterocycles. The van der Waals surface area contributed by atoms with Gasteiger partial charge >= 0.3 is 0 Å². The third-order valence-electron chi connectivity index (χ3n) is 5.55. The molecule has 164 valence electrons. The van der Waals surface area contributed by atoms with Gasteiger partial charge in [-0.1, -0.05) is 50.2 Å². The number of hydrogen-bond acceptors (Lipinski definition) is 5. The van der Waals surface area contributed by atoms with E-state index in [0.717, 1.165) is 11.1 Å². The van der Waals surface area contributed by atoms with Gasteiger partial charge in [0.25, 0.3) is 11.7 Å². The predicted molar refractivity (Wildman–Crippen MR) is 119 cm³/mol. The maximum Gasteiger partial charge on any atom is 0.295 e. The zero-order chi connectivity index (χ0) is 22.5. The van der Waals surface area contributed by atoms with Gasteiger partial charge in [0, 0.05) is 25.8 Å². The monoisotopic (exact) mass is 423 g/mol. The Labute approximate surface area is 183 Å². The molecular formula is C25H29NO5. The van der Waals surface area contributed by atoms with E-state index in [-0.39, 0.29) is 11.3 Å². The van der Waals surface area contributed by atoms with Gasteiger partial charge in [-0.3, -0.25) is 9.59 Å². The Balaban J connectivity index is 2.11. The Morgan fingerprint density at radius 3 is 2.42 bits per heavy atom. The molecule has 1 fully saturated rings. The van der Waals surface area contributed by atoms with Gasteiger partial charge in [-0.2, -0.15) is 0 Å². The number of amides is 1. The van der Waals surface area contributed by atoms with E-state index in [2.05, 4.69) is 13.8 Å². The summed E-state index contributed by atoms with van der Waals surface area (Å²) in [5, 5.41) is 11.1. The summed E-state index contributed by atoms with van der Waals surface area (Å²) in [4.78, 5) is 27.4. The van der Waals surface area contributed by atoms with Crippen LogP contribution in [-0.4, -0.2) is 49.1 Å². The Morgan fingerprint density at radius 1 is 1.10 bits per heavy atom. The lowest BCUT2D eigenvalue weighted by atomic mass is 9.93. The van der Waals surface area contributed by atoms with Crippen molar-refractivity contribution >= 4 is 17.4 Å². The number of aliphatic hydroxyl groups excluding tert-OH is 1. The van der Waals surface area contributed by atoms with Crippen LogP contribution in [0.25, 0.3) is 5.76 Å². The largest absolute Gasteiger partial charge is 0.507 e. The molecule has 6 nitrogen and oxygen atoms in total. The Bertz CT molecular complexity index is 978. The van der Waals surface area contributed by atoms with Crippen LogP contribution in [-0.2, 0) is 14.3 Å². The van der Waals surface area contributed by atoms with Crippen LogP contribution in [0.5, 0.6) is 5.75 Å². The van der Waals surface area contributed by atoms with Crippen LogP contribution in [0.1, 0.15) is 48.9 Å². The van der Waals surface area contributed by atoms with Crippen LogP contribution in [0.4, 0.5) is 0 Å². The highest BCUT2D eigenvalue weighted by molar-refractivity contribution is 6.46. The summed E-state index contributed by atoms with van der Waals surface area (Å²) in [6.07, 6.45) is 0.587. The summed E-state index contributed by atoms with van der Waals surface area (Å²) in [6, 6.07) is 14.0. The van der Waals surface area contributed by atoms with E-state index in [1.54, 1.807) is 31.4 Å². The summed E-state index contributed by atoms with van der Waals surface area (Å²) in [5.74, 6) is -0.589. The number of hydrogen-bond donors (Lipinski definition) is 1. The molecule has 0 radical (unpaired) electrons. The van der Waals surface area contributed by atoms with E-state index in [0.29, 0.717) is 36.8 Å². The number of likely N-dealkylation sites (tertiary alicyclic amines) is 1. The van der Waals surface area contributed by atoms with Crippen molar-refractivity contribution in [1.82, 2.24) is 4.90 Å². The fourth-order valence-electron chi connectivity index (χ4n) is 3.83. The highest BCUT2D eigenvalue weighted by Gasteiger charge is 2.45. The highest BCUT2D eigenvalue weighted by Crippen LogP contribution is 2.40. The maximum absolute atomic E-state index is 13.0. The number of carbonyl (C=O) groups is 2. The van der Waals surface area contributed by atoms with E-state index < -0.39 is 17.7 Å². The Kier molecular flexibility index (Phi) is 7.13. The lowest BCUT2D eigenvalue weighted by Crippen LogP contribution is -2.31. The fraction of sp³-hybridized carbons (Fsp3) is 0.360. The maximum atomic E-state index is 13.0. The molecule has 2 aromatic rings. The molecule has 1 atom stereocenters. The summed E-state index contributed by atoms with van der Waals surface area (Å²) < 4.78 is 10.4. The highest BCUT2D eigenvalue weighted by atomic mass is 16.5. The normalized spacial score (nSPS) is 18.1. The molecule has 0 bridgehead atoms. The molecule has 1 aliphatic rings. The predicted octanol–water partition coefficient (Wildman–Crippen LogP) is 4.28. The van der Waals surface area contributed by atoms with Crippen molar-refractivity contribution in [2.24, 2.45) is 0 Å². The number of ketones is 1. The molecular weight excluding hydrogens is 394 g/mol. The van der Waals surface area contributed by atoms with Crippen LogP contribution < -0.4 is 4.74 Å². The van der Waals surface area contributed by atoms with Crippen LogP contribution in [0.3, 0.4) is 0 Å². The zero-order valence-corrected chi connectivity index (χ0v) is 18.4. The minimum atomic E-state index is -0.685. The first-order valence-corrected chi connectivity index (χ1v) is 10.4. The number of carbonyl (C=O) groups excluding carboxylic acids is 2. The molecule has 1 unspecified atom stereocenters. The van der Waals surface area contributed by atoms with Gasteiger partial charge in [0.15, 0.2) is 0 Å². The topological polar surface area (TPSA) is 76.1 Å². The second-order valence-corrected chi connectivity index (χ2v) is 7.89. The number of nitrogens with zero attached hydrogens (tertiary/aromatic N) is 1. The van der Waals surface area contributed by atoms with Crippen molar-refractivity contribution in [3.05, 3.63) is 70.8 Å². The van der Waals surface area contributed by atoms with Crippen molar-refractivity contribution in [3.8, 4) is 5.75 Å². The van der Waals surface area contributed by atoms with Gasteiger partial charge in [0.1, 0.15) is 11.5 Å². The second kappa shape index (κ2) is 9.79. The number of aliphatic hydroxyl groups is 1. The minimum absolute atomic E-state index is 0.0907. The molecule has 31 heavy (non-hydrogen) atoms. The first-order valence-electron chi connectivity index (χ1n) is 10.4. The van der Waals surface area contributed by atoms with E-state index in [1.807, 2.05) is 24.3 Å². The van der Waals surface area contributed by atoms with Crippen molar-refractivity contribution in [2.45, 2.75) is 32.2 Å². The lowest BCUT2D eigenvalue weighted by Gasteiger charge is -2.25. The first kappa shape index (κ1) is 22.6. The molecule has 1 aliphatic heterocycles. The van der Waals surface area contributed by atoms with Gasteiger partial charge in [-0.15, -0.1) is 0 Å². The van der Waals surface area contributed by atoms with Gasteiger partial charge in [-0.25, -0.2) is 0 Å². The van der Waals surface area contributed by atoms with Crippen molar-refractivity contribution in [1.29, 1.82) is 0 Å². The van der Waals surface area contributed by atoms with Crippen LogP contribution >= 0.6 is 0 Å². The second-order valence-electron chi connectivity index (χ2n) is 7.89. The molecule has 0 aliphatic carbocycles.